The van der Waals surface area contributed by atoms with Gasteiger partial charge in [0.15, 0.2) is 0 Å². The minimum Gasteiger partial charge on any atom is -0.195 e. The van der Waals surface area contributed by atoms with Crippen molar-refractivity contribution in [3.05, 3.63) is 77.4 Å². The molecule has 0 aliphatic carbocycles. The summed E-state index contributed by atoms with van der Waals surface area (Å²) >= 11 is 0. The molecule has 0 aromatic heterocycles. The highest BCUT2D eigenvalue weighted by atomic mass is 16.7. The smallest absolute Gasteiger partial charge is 0.195 e. The number of benzene rings is 2. The highest BCUT2D eigenvalue weighted by Gasteiger charge is 2.12. The summed E-state index contributed by atoms with van der Waals surface area (Å²) in [5, 5.41) is 0. The zero-order valence-electron chi connectivity index (χ0n) is 11.4. The first-order valence-electron chi connectivity index (χ1n) is 6.47. The van der Waals surface area contributed by atoms with Gasteiger partial charge in [0.25, 0.3) is 0 Å². The quantitative estimate of drug-likeness (QED) is 0.513. The zero-order valence-corrected chi connectivity index (χ0v) is 11.4. The van der Waals surface area contributed by atoms with Crippen LogP contribution in [0.15, 0.2) is 60.7 Å². The number of carbonyl (C=O) groups is 1. The van der Waals surface area contributed by atoms with Crippen molar-refractivity contribution in [2.24, 2.45) is 0 Å². The van der Waals surface area contributed by atoms with Crippen molar-refractivity contribution < 1.29 is 9.63 Å². The van der Waals surface area contributed by atoms with Crippen molar-refractivity contribution in [3.8, 4) is 0 Å². The average Bonchev–Trinajstić information content (AvgIpc) is 2.47. The van der Waals surface area contributed by atoms with Gasteiger partial charge in [-0.15, -0.1) is 0 Å². The minimum absolute atomic E-state index is 0.413. The van der Waals surface area contributed by atoms with Gasteiger partial charge in [-0.05, 0) is 35.2 Å². The molecule has 0 fully saturated rings. The van der Waals surface area contributed by atoms with Crippen LogP contribution in [-0.4, -0.2) is 5.97 Å². The molecule has 2 rings (SSSR count). The Hall–Kier alpha value is -2.39. The number of nitrogens with one attached hydrogen (secondary N) is 1. The van der Waals surface area contributed by atoms with Crippen molar-refractivity contribution in [2.75, 3.05) is 0 Å². The fraction of sp³-hybridized carbons (Fsp3) is 0.118. The maximum Gasteiger partial charge on any atom is 0.623 e. The SMILES string of the molecule is Cc1ccccc1/C=C/C(=[O+])ONCc1ccccc1. The molecule has 0 spiro atoms. The van der Waals surface area contributed by atoms with Crippen molar-refractivity contribution in [1.29, 1.82) is 0 Å². The first-order valence-corrected chi connectivity index (χ1v) is 6.47. The molecule has 101 valence electrons. The van der Waals surface area contributed by atoms with E-state index < -0.39 is 5.97 Å². The molecular weight excluding hydrogens is 250 g/mol. The van der Waals surface area contributed by atoms with E-state index in [1.807, 2.05) is 61.5 Å². The number of hydrogen-bond donors (Lipinski definition) is 1. The predicted octanol–water partition coefficient (Wildman–Crippen LogP) is 3.26. The van der Waals surface area contributed by atoms with Gasteiger partial charge in [-0.3, -0.25) is 0 Å². The fourth-order valence-electron chi connectivity index (χ4n) is 1.75. The lowest BCUT2D eigenvalue weighted by atomic mass is 10.1. The third kappa shape index (κ3) is 4.37. The number of rotatable bonds is 5. The second-order valence-electron chi connectivity index (χ2n) is 4.42. The molecule has 0 saturated carbocycles. The Morgan fingerprint density at radius 2 is 1.80 bits per heavy atom. The Kier molecular flexibility index (Phi) is 5.09. The zero-order chi connectivity index (χ0) is 14.2. The van der Waals surface area contributed by atoms with Gasteiger partial charge in [-0.1, -0.05) is 54.6 Å². The molecule has 2 aromatic carbocycles. The first-order chi connectivity index (χ1) is 9.75. The number of hydrogen-bond acceptors (Lipinski definition) is 3. The van der Waals surface area contributed by atoms with Gasteiger partial charge >= 0.3 is 5.97 Å². The maximum atomic E-state index is 11.5. The fourth-order valence-corrected chi connectivity index (χ4v) is 1.75. The summed E-state index contributed by atoms with van der Waals surface area (Å²) in [7, 11) is 0. The van der Waals surface area contributed by atoms with Gasteiger partial charge in [0.2, 0.25) is 0 Å². The van der Waals surface area contributed by atoms with Crippen molar-refractivity contribution in [1.82, 2.24) is 5.48 Å². The molecule has 20 heavy (non-hydrogen) atoms. The normalized spacial score (nSPS) is 10.7. The van der Waals surface area contributed by atoms with Crippen LogP contribution in [0.25, 0.3) is 6.08 Å². The van der Waals surface area contributed by atoms with Crippen molar-refractivity contribution >= 4 is 12.0 Å². The van der Waals surface area contributed by atoms with E-state index in [0.29, 0.717) is 6.54 Å². The van der Waals surface area contributed by atoms with E-state index in [2.05, 4.69) is 5.48 Å². The summed E-state index contributed by atoms with van der Waals surface area (Å²) in [4.78, 5) is 16.5. The Morgan fingerprint density at radius 3 is 2.55 bits per heavy atom. The molecule has 0 aliphatic heterocycles. The third-order valence-electron chi connectivity index (χ3n) is 2.88. The second kappa shape index (κ2) is 7.26. The van der Waals surface area contributed by atoms with Crippen molar-refractivity contribution in [2.45, 2.75) is 13.5 Å². The lowest BCUT2D eigenvalue weighted by Gasteiger charge is -1.97. The molecule has 3 nitrogen and oxygen atoms in total. The van der Waals surface area contributed by atoms with Gasteiger partial charge in [0.05, 0.1) is 17.4 Å². The Labute approximate surface area is 118 Å². The molecule has 2 aromatic rings. The molecule has 0 aliphatic rings. The minimum atomic E-state index is -0.413. The van der Waals surface area contributed by atoms with Crippen LogP contribution in [0.4, 0.5) is 0 Å². The van der Waals surface area contributed by atoms with Gasteiger partial charge in [-0.25, -0.2) is 0 Å². The van der Waals surface area contributed by atoms with Gasteiger partial charge in [0, 0.05) is 0 Å². The van der Waals surface area contributed by atoms with Gasteiger partial charge in [-0.2, -0.15) is 4.84 Å². The molecular formula is C17H17NO2+. The van der Waals surface area contributed by atoms with E-state index in [9.17, 15) is 4.79 Å². The Bertz CT molecular complexity index is 591. The van der Waals surface area contributed by atoms with E-state index in [-0.39, 0.29) is 0 Å². The summed E-state index contributed by atoms with van der Waals surface area (Å²) in [6.45, 7) is 2.49. The summed E-state index contributed by atoms with van der Waals surface area (Å²) in [5.74, 6) is -0.413. The van der Waals surface area contributed by atoms with Crippen LogP contribution in [0.1, 0.15) is 16.7 Å². The first kappa shape index (κ1) is 14.0. The topological polar surface area (TPSA) is 41.2 Å². The lowest BCUT2D eigenvalue weighted by molar-refractivity contribution is -0.145. The second-order valence-corrected chi connectivity index (χ2v) is 4.42. The number of hydroxylamine groups is 1. The van der Waals surface area contributed by atoms with Crippen LogP contribution < -0.4 is 5.48 Å². The summed E-state index contributed by atoms with van der Waals surface area (Å²) in [6.07, 6.45) is 3.17. The predicted molar refractivity (Wildman–Crippen MR) is 79.6 cm³/mol. The third-order valence-corrected chi connectivity index (χ3v) is 2.88. The van der Waals surface area contributed by atoms with Gasteiger partial charge < -0.3 is 0 Å². The molecule has 1 N–H and O–H groups in total. The van der Waals surface area contributed by atoms with Gasteiger partial charge in [0.1, 0.15) is 0 Å². The van der Waals surface area contributed by atoms with E-state index in [1.54, 1.807) is 6.08 Å². The monoisotopic (exact) mass is 267 g/mol. The Morgan fingerprint density at radius 1 is 1.10 bits per heavy atom. The van der Waals surface area contributed by atoms with E-state index in [4.69, 9.17) is 4.84 Å². The molecule has 0 unspecified atom stereocenters. The van der Waals surface area contributed by atoms with E-state index in [1.165, 1.54) is 6.08 Å². The molecule has 0 heterocycles. The number of carbonyl (C=O) groups excluding carboxylic acids is 1. The van der Waals surface area contributed by atoms with Crippen LogP contribution in [0.3, 0.4) is 0 Å². The molecule has 0 atom stereocenters. The van der Waals surface area contributed by atoms with Crippen LogP contribution >= 0.6 is 0 Å². The summed E-state index contributed by atoms with van der Waals surface area (Å²) in [6, 6.07) is 17.6. The summed E-state index contributed by atoms with van der Waals surface area (Å²) < 4.78 is 0. The van der Waals surface area contributed by atoms with Crippen LogP contribution in [0.2, 0.25) is 0 Å². The summed E-state index contributed by atoms with van der Waals surface area (Å²) in [5.41, 5.74) is 5.84. The van der Waals surface area contributed by atoms with Crippen LogP contribution in [0, 0.1) is 6.92 Å². The van der Waals surface area contributed by atoms with E-state index >= 15 is 0 Å². The van der Waals surface area contributed by atoms with Crippen LogP contribution in [-0.2, 0) is 16.2 Å². The molecule has 0 saturated heterocycles. The number of aryl methyl sites for hydroxylation is 1. The largest absolute Gasteiger partial charge is 0.623 e. The lowest BCUT2D eigenvalue weighted by Crippen LogP contribution is -2.17. The van der Waals surface area contributed by atoms with Crippen LogP contribution in [0.5, 0.6) is 0 Å². The standard InChI is InChI=1S/C17H17NO2/c1-14-7-5-6-10-16(14)11-12-17(19)20-18-13-15-8-3-2-4-9-15/h2-12,18H,13H2,1H3/q+1/b12-11+. The highest BCUT2D eigenvalue weighted by Crippen LogP contribution is 2.08. The van der Waals surface area contributed by atoms with Crippen molar-refractivity contribution in [3.63, 3.8) is 0 Å². The maximum absolute atomic E-state index is 11.5. The molecule has 1 radical (unpaired) electrons. The van der Waals surface area contributed by atoms with E-state index in [0.717, 1.165) is 16.7 Å². The molecule has 3 heteroatoms. The molecule has 0 amide bonds. The molecule has 0 bridgehead atoms. The Balaban J connectivity index is 1.80. The average molecular weight is 267 g/mol. The highest BCUT2D eigenvalue weighted by molar-refractivity contribution is 5.87.